The lowest BCUT2D eigenvalue weighted by Gasteiger charge is -2.24. The van der Waals surface area contributed by atoms with Crippen LogP contribution in [0, 0.1) is 0 Å². The Kier molecular flexibility index (Phi) is 5.24. The van der Waals surface area contributed by atoms with Gasteiger partial charge < -0.3 is 9.47 Å². The molecule has 138 valence electrons. The zero-order chi connectivity index (χ0) is 18.8. The number of rotatable bonds is 6. The predicted molar refractivity (Wildman–Crippen MR) is 109 cm³/mol. The van der Waals surface area contributed by atoms with E-state index in [1.165, 1.54) is 5.56 Å². The van der Waals surface area contributed by atoms with E-state index in [1.807, 2.05) is 29.2 Å². The molecule has 1 fully saturated rings. The summed E-state index contributed by atoms with van der Waals surface area (Å²) in [7, 11) is 0. The fourth-order valence-electron chi connectivity index (χ4n) is 3.30. The molecule has 27 heavy (non-hydrogen) atoms. The molecule has 0 bridgehead atoms. The summed E-state index contributed by atoms with van der Waals surface area (Å²) in [6.07, 6.45) is 4.15. The van der Waals surface area contributed by atoms with E-state index >= 15 is 0 Å². The third-order valence-corrected chi connectivity index (χ3v) is 5.25. The van der Waals surface area contributed by atoms with Crippen molar-refractivity contribution < 1.29 is 4.79 Å². The van der Waals surface area contributed by atoms with Crippen LogP contribution in [0.1, 0.15) is 34.5 Å². The first-order valence-electron chi connectivity index (χ1n) is 9.05. The summed E-state index contributed by atoms with van der Waals surface area (Å²) in [5.74, 6) is -0.0191. The van der Waals surface area contributed by atoms with Crippen LogP contribution >= 0.6 is 23.2 Å². The molecule has 1 amide bonds. The van der Waals surface area contributed by atoms with Gasteiger partial charge in [-0.1, -0.05) is 53.5 Å². The third-order valence-electron chi connectivity index (χ3n) is 4.81. The van der Waals surface area contributed by atoms with Crippen LogP contribution in [0.5, 0.6) is 0 Å². The van der Waals surface area contributed by atoms with Gasteiger partial charge in [-0.05, 0) is 48.7 Å². The van der Waals surface area contributed by atoms with Crippen molar-refractivity contribution >= 4 is 29.1 Å². The Labute approximate surface area is 169 Å². The summed E-state index contributed by atoms with van der Waals surface area (Å²) in [4.78, 5) is 15.1. The second kappa shape index (κ2) is 7.79. The molecular weight excluding hydrogens is 379 g/mol. The predicted octanol–water partition coefficient (Wildman–Crippen LogP) is 5.65. The average Bonchev–Trinajstić information content (AvgIpc) is 3.40. The molecule has 0 saturated heterocycles. The highest BCUT2D eigenvalue weighted by atomic mass is 35.5. The van der Waals surface area contributed by atoms with Crippen LogP contribution in [0.15, 0.2) is 66.9 Å². The van der Waals surface area contributed by atoms with Crippen molar-refractivity contribution in [2.45, 2.75) is 32.0 Å². The van der Waals surface area contributed by atoms with Crippen molar-refractivity contribution in [1.82, 2.24) is 9.47 Å². The maximum Gasteiger partial charge on any atom is 0.254 e. The first-order valence-corrected chi connectivity index (χ1v) is 9.81. The van der Waals surface area contributed by atoms with Gasteiger partial charge >= 0.3 is 0 Å². The topological polar surface area (TPSA) is 25.2 Å². The molecule has 2 aromatic carbocycles. The lowest BCUT2D eigenvalue weighted by atomic mass is 10.2. The minimum atomic E-state index is -0.0191. The quantitative estimate of drug-likeness (QED) is 0.526. The Morgan fingerprint density at radius 3 is 2.37 bits per heavy atom. The van der Waals surface area contributed by atoms with Gasteiger partial charge in [0.2, 0.25) is 0 Å². The second-order valence-electron chi connectivity index (χ2n) is 6.94. The maximum absolute atomic E-state index is 13.1. The molecule has 0 atom stereocenters. The smallest absolute Gasteiger partial charge is 0.254 e. The minimum absolute atomic E-state index is 0.0191. The fraction of sp³-hybridized carbons (Fsp3) is 0.227. The highest BCUT2D eigenvalue weighted by Gasteiger charge is 2.33. The Morgan fingerprint density at radius 1 is 1.00 bits per heavy atom. The third kappa shape index (κ3) is 4.37. The molecule has 3 nitrogen and oxygen atoms in total. The van der Waals surface area contributed by atoms with Crippen LogP contribution in [0.2, 0.25) is 10.0 Å². The van der Waals surface area contributed by atoms with E-state index in [-0.39, 0.29) is 11.9 Å². The molecule has 1 aliphatic rings. The molecule has 0 radical (unpaired) electrons. The number of nitrogens with zero attached hydrogens (tertiary/aromatic N) is 2. The number of hydrogen-bond donors (Lipinski definition) is 0. The summed E-state index contributed by atoms with van der Waals surface area (Å²) in [5.41, 5.74) is 2.90. The van der Waals surface area contributed by atoms with Gasteiger partial charge in [0.05, 0.1) is 6.54 Å². The largest absolute Gasteiger partial charge is 0.345 e. The van der Waals surface area contributed by atoms with E-state index in [9.17, 15) is 4.79 Å². The minimum Gasteiger partial charge on any atom is -0.345 e. The highest BCUT2D eigenvalue weighted by Crippen LogP contribution is 2.31. The molecule has 1 heterocycles. The van der Waals surface area contributed by atoms with Crippen LogP contribution < -0.4 is 0 Å². The molecule has 4 rings (SSSR count). The Hall–Kier alpha value is -2.23. The number of benzene rings is 2. The lowest BCUT2D eigenvalue weighted by molar-refractivity contribution is 0.0726. The summed E-state index contributed by atoms with van der Waals surface area (Å²) in [5, 5.41) is 0.961. The van der Waals surface area contributed by atoms with Crippen molar-refractivity contribution in [1.29, 1.82) is 0 Å². The van der Waals surface area contributed by atoms with E-state index < -0.39 is 0 Å². The summed E-state index contributed by atoms with van der Waals surface area (Å²) in [6.45, 7) is 1.37. The molecule has 5 heteroatoms. The summed E-state index contributed by atoms with van der Waals surface area (Å²) >= 11 is 12.2. The van der Waals surface area contributed by atoms with Crippen LogP contribution in [0.25, 0.3) is 0 Å². The normalized spacial score (nSPS) is 13.6. The number of carbonyl (C=O) groups is 1. The van der Waals surface area contributed by atoms with Crippen molar-refractivity contribution in [2.24, 2.45) is 0 Å². The van der Waals surface area contributed by atoms with E-state index in [4.69, 9.17) is 23.2 Å². The molecule has 1 aliphatic carbocycles. The van der Waals surface area contributed by atoms with Gasteiger partial charge in [-0.2, -0.15) is 0 Å². The van der Waals surface area contributed by atoms with Crippen LogP contribution in [0.4, 0.5) is 0 Å². The second-order valence-corrected chi connectivity index (χ2v) is 7.81. The molecule has 1 aromatic heterocycles. The standard InChI is InChI=1S/C22H20Cl2N2O/c23-18-11-17(12-19(24)13-18)22(27)26(20-8-9-20)15-21-7-4-10-25(21)14-16-5-2-1-3-6-16/h1-7,10-13,20H,8-9,14-15H2. The molecule has 0 aliphatic heterocycles. The van der Waals surface area contributed by atoms with Crippen molar-refractivity contribution in [2.75, 3.05) is 0 Å². The first-order chi connectivity index (χ1) is 13.1. The van der Waals surface area contributed by atoms with E-state index in [2.05, 4.69) is 29.0 Å². The number of halogens is 2. The summed E-state index contributed by atoms with van der Waals surface area (Å²) < 4.78 is 2.20. The van der Waals surface area contributed by atoms with Crippen LogP contribution in [-0.2, 0) is 13.1 Å². The zero-order valence-corrected chi connectivity index (χ0v) is 16.3. The fourth-order valence-corrected chi connectivity index (χ4v) is 3.82. The van der Waals surface area contributed by atoms with Gasteiger partial charge in [0, 0.05) is 40.1 Å². The van der Waals surface area contributed by atoms with E-state index in [0.717, 1.165) is 25.1 Å². The number of aromatic nitrogens is 1. The monoisotopic (exact) mass is 398 g/mol. The Morgan fingerprint density at radius 2 is 1.70 bits per heavy atom. The zero-order valence-electron chi connectivity index (χ0n) is 14.8. The van der Waals surface area contributed by atoms with Gasteiger partial charge in [0.1, 0.15) is 0 Å². The Balaban J connectivity index is 1.56. The lowest BCUT2D eigenvalue weighted by Crippen LogP contribution is -2.33. The van der Waals surface area contributed by atoms with Crippen LogP contribution in [-0.4, -0.2) is 21.4 Å². The van der Waals surface area contributed by atoms with E-state index in [1.54, 1.807) is 18.2 Å². The maximum atomic E-state index is 13.1. The molecule has 1 saturated carbocycles. The number of carbonyl (C=O) groups excluding carboxylic acids is 1. The molecule has 0 N–H and O–H groups in total. The van der Waals surface area contributed by atoms with E-state index in [0.29, 0.717) is 22.2 Å². The van der Waals surface area contributed by atoms with Crippen molar-refractivity contribution in [3.63, 3.8) is 0 Å². The molecular formula is C22H20Cl2N2O. The average molecular weight is 399 g/mol. The summed E-state index contributed by atoms with van der Waals surface area (Å²) in [6, 6.07) is 19.8. The van der Waals surface area contributed by atoms with Crippen molar-refractivity contribution in [3.05, 3.63) is 93.7 Å². The highest BCUT2D eigenvalue weighted by molar-refractivity contribution is 6.35. The SMILES string of the molecule is O=C(c1cc(Cl)cc(Cl)c1)N(Cc1cccn1Cc1ccccc1)C1CC1. The van der Waals surface area contributed by atoms with Gasteiger partial charge in [0.15, 0.2) is 0 Å². The Bertz CT molecular complexity index is 928. The van der Waals surface area contributed by atoms with Gasteiger partial charge in [0.25, 0.3) is 5.91 Å². The molecule has 0 unspecified atom stereocenters. The molecule has 0 spiro atoms. The number of hydrogen-bond acceptors (Lipinski definition) is 1. The first kappa shape index (κ1) is 18.1. The van der Waals surface area contributed by atoms with Gasteiger partial charge in [-0.25, -0.2) is 0 Å². The van der Waals surface area contributed by atoms with Gasteiger partial charge in [-0.3, -0.25) is 4.79 Å². The molecule has 3 aromatic rings. The number of amides is 1. The van der Waals surface area contributed by atoms with Crippen LogP contribution in [0.3, 0.4) is 0 Å². The van der Waals surface area contributed by atoms with Gasteiger partial charge in [-0.15, -0.1) is 0 Å². The van der Waals surface area contributed by atoms with Crippen molar-refractivity contribution in [3.8, 4) is 0 Å².